The number of amides is 2. The van der Waals surface area contributed by atoms with Crippen LogP contribution < -0.4 is 25.2 Å². The predicted molar refractivity (Wildman–Crippen MR) is 111 cm³/mol. The summed E-state index contributed by atoms with van der Waals surface area (Å²) < 4.78 is 10.5. The van der Waals surface area contributed by atoms with Crippen molar-refractivity contribution in [2.24, 2.45) is 15.9 Å². The van der Waals surface area contributed by atoms with Gasteiger partial charge in [0.15, 0.2) is 16.7 Å². The maximum atomic E-state index is 12.7. The highest BCUT2D eigenvalue weighted by atomic mass is 32.2. The minimum Gasteiger partial charge on any atom is -0.545 e. The number of carboxylic acid groups (broad SMARTS) is 1. The van der Waals surface area contributed by atoms with E-state index in [0.29, 0.717) is 11.5 Å². The van der Waals surface area contributed by atoms with Crippen LogP contribution in [0.4, 0.5) is 5.69 Å². The van der Waals surface area contributed by atoms with E-state index < -0.39 is 23.0 Å². The summed E-state index contributed by atoms with van der Waals surface area (Å²) in [6.45, 7) is 0.167. The standard InChI is InChI=1S/C20H16N4O6S/c21-20(23-22-9-11-4-5-14-15(6-11)30-10-29-14)31-16-8-17(25)24(18(16)26)13-3-1-2-12(7-13)19(27)28/h1-7,9,16H,8,10H2,(H2,21,23)(H,27,28)/p-1/b22-9-/t16-/m0/s1. The number of carbonyl (C=O) groups is 3. The van der Waals surface area contributed by atoms with E-state index in [-0.39, 0.29) is 29.6 Å². The van der Waals surface area contributed by atoms with Crippen LogP contribution in [-0.4, -0.2) is 41.2 Å². The highest BCUT2D eigenvalue weighted by molar-refractivity contribution is 8.14. The molecule has 2 aliphatic heterocycles. The van der Waals surface area contributed by atoms with E-state index in [4.69, 9.17) is 15.2 Å². The van der Waals surface area contributed by atoms with Gasteiger partial charge in [0.2, 0.25) is 18.6 Å². The largest absolute Gasteiger partial charge is 0.545 e. The number of carboxylic acids is 1. The van der Waals surface area contributed by atoms with Crippen LogP contribution >= 0.6 is 11.8 Å². The molecule has 158 valence electrons. The number of anilines is 1. The number of benzene rings is 2. The lowest BCUT2D eigenvalue weighted by atomic mass is 10.2. The number of amidine groups is 1. The number of aromatic carboxylic acids is 1. The van der Waals surface area contributed by atoms with Crippen LogP contribution in [0.15, 0.2) is 52.7 Å². The molecule has 2 heterocycles. The third-order valence-corrected chi connectivity index (χ3v) is 5.44. The number of hydrogen-bond acceptors (Lipinski definition) is 9. The van der Waals surface area contributed by atoms with E-state index >= 15 is 0 Å². The Hall–Kier alpha value is -3.86. The Bertz CT molecular complexity index is 1130. The zero-order valence-electron chi connectivity index (χ0n) is 15.9. The van der Waals surface area contributed by atoms with Gasteiger partial charge in [0, 0.05) is 6.42 Å². The Morgan fingerprint density at radius 1 is 1.19 bits per heavy atom. The van der Waals surface area contributed by atoms with Gasteiger partial charge in [-0.3, -0.25) is 9.59 Å². The molecule has 0 spiro atoms. The van der Waals surface area contributed by atoms with Crippen LogP contribution in [0, 0.1) is 0 Å². The second-order valence-corrected chi connectivity index (χ2v) is 7.73. The molecule has 11 heteroatoms. The van der Waals surface area contributed by atoms with Gasteiger partial charge in [-0.05, 0) is 41.5 Å². The molecule has 10 nitrogen and oxygen atoms in total. The van der Waals surface area contributed by atoms with Crippen molar-refractivity contribution in [3.8, 4) is 11.5 Å². The van der Waals surface area contributed by atoms with Crippen molar-refractivity contribution in [3.63, 3.8) is 0 Å². The lowest BCUT2D eigenvalue weighted by Gasteiger charge is -2.16. The first-order chi connectivity index (χ1) is 14.9. The second-order valence-electron chi connectivity index (χ2n) is 6.51. The summed E-state index contributed by atoms with van der Waals surface area (Å²) in [5.41, 5.74) is 6.60. The Morgan fingerprint density at radius 2 is 2.00 bits per heavy atom. The maximum absolute atomic E-state index is 12.7. The average molecular weight is 439 g/mol. The quantitative estimate of drug-likeness (QED) is 0.306. The first-order valence-electron chi connectivity index (χ1n) is 9.03. The molecule has 2 aromatic carbocycles. The molecule has 1 fully saturated rings. The van der Waals surface area contributed by atoms with Crippen molar-refractivity contribution in [1.82, 2.24) is 0 Å². The summed E-state index contributed by atoms with van der Waals surface area (Å²) in [7, 11) is 0. The van der Waals surface area contributed by atoms with Crippen LogP contribution in [0.5, 0.6) is 11.5 Å². The van der Waals surface area contributed by atoms with Gasteiger partial charge in [0.1, 0.15) is 5.25 Å². The molecule has 2 amide bonds. The average Bonchev–Trinajstić information content (AvgIpc) is 3.31. The molecule has 2 N–H and O–H groups in total. The highest BCUT2D eigenvalue weighted by Crippen LogP contribution is 2.32. The van der Waals surface area contributed by atoms with Crippen molar-refractivity contribution >= 4 is 46.6 Å². The molecular weight excluding hydrogens is 424 g/mol. The molecule has 0 aromatic heterocycles. The van der Waals surface area contributed by atoms with Crippen LogP contribution in [0.25, 0.3) is 0 Å². The van der Waals surface area contributed by atoms with Gasteiger partial charge in [-0.1, -0.05) is 23.9 Å². The van der Waals surface area contributed by atoms with Crippen molar-refractivity contribution in [2.45, 2.75) is 11.7 Å². The van der Waals surface area contributed by atoms with Crippen molar-refractivity contribution in [1.29, 1.82) is 0 Å². The monoisotopic (exact) mass is 439 g/mol. The molecule has 0 aliphatic carbocycles. The summed E-state index contributed by atoms with van der Waals surface area (Å²) in [4.78, 5) is 37.0. The summed E-state index contributed by atoms with van der Waals surface area (Å²) in [6.07, 6.45) is 1.37. The number of thioether (sulfide) groups is 1. The van der Waals surface area contributed by atoms with Crippen molar-refractivity contribution in [3.05, 3.63) is 53.6 Å². The van der Waals surface area contributed by atoms with Gasteiger partial charge in [-0.15, -0.1) is 5.10 Å². The first kappa shape index (κ1) is 20.4. The number of nitrogens with two attached hydrogens (primary N) is 1. The second kappa shape index (κ2) is 8.48. The zero-order chi connectivity index (χ0) is 22.0. The van der Waals surface area contributed by atoms with Gasteiger partial charge in [0.05, 0.1) is 17.9 Å². The van der Waals surface area contributed by atoms with E-state index in [1.165, 1.54) is 30.5 Å². The van der Waals surface area contributed by atoms with Crippen LogP contribution in [0.2, 0.25) is 0 Å². The topological polar surface area (TPSA) is 147 Å². The summed E-state index contributed by atoms with van der Waals surface area (Å²) in [5, 5.41) is 18.0. The van der Waals surface area contributed by atoms with Crippen molar-refractivity contribution < 1.29 is 29.0 Å². The molecule has 0 bridgehead atoms. The molecular formula is C20H15N4O6S-. The molecule has 31 heavy (non-hydrogen) atoms. The molecule has 0 saturated carbocycles. The van der Waals surface area contributed by atoms with E-state index in [0.717, 1.165) is 22.2 Å². The molecule has 4 rings (SSSR count). The number of ether oxygens (including phenoxy) is 2. The number of imide groups is 1. The van der Waals surface area contributed by atoms with E-state index in [1.807, 2.05) is 0 Å². The van der Waals surface area contributed by atoms with Crippen molar-refractivity contribution in [2.75, 3.05) is 11.7 Å². The van der Waals surface area contributed by atoms with E-state index in [9.17, 15) is 19.5 Å². The lowest BCUT2D eigenvalue weighted by Crippen LogP contribution is -2.32. The van der Waals surface area contributed by atoms with E-state index in [1.54, 1.807) is 18.2 Å². The SMILES string of the molecule is NC(=N/N=C\c1ccc2c(c1)OCO2)S[C@H]1CC(=O)N(c2cccc(C(=O)[O-])c2)C1=O. The van der Waals surface area contributed by atoms with Gasteiger partial charge in [0.25, 0.3) is 0 Å². The number of rotatable bonds is 5. The number of hydrogen-bond donors (Lipinski definition) is 1. The fourth-order valence-corrected chi connectivity index (χ4v) is 3.87. The summed E-state index contributed by atoms with van der Waals surface area (Å²) in [6, 6.07) is 10.7. The Morgan fingerprint density at radius 3 is 2.81 bits per heavy atom. The minimum absolute atomic E-state index is 0.00785. The third kappa shape index (κ3) is 4.36. The van der Waals surface area contributed by atoms with Gasteiger partial charge in [-0.2, -0.15) is 5.10 Å². The number of fused-ring (bicyclic) bond motifs is 1. The van der Waals surface area contributed by atoms with Crippen LogP contribution in [-0.2, 0) is 9.59 Å². The molecule has 0 radical (unpaired) electrons. The molecule has 2 aliphatic rings. The predicted octanol–water partition coefficient (Wildman–Crippen LogP) is 0.493. The Kier molecular flexibility index (Phi) is 5.58. The first-order valence-corrected chi connectivity index (χ1v) is 9.91. The smallest absolute Gasteiger partial charge is 0.247 e. The minimum atomic E-state index is -1.40. The molecule has 1 atom stereocenters. The van der Waals surface area contributed by atoms with Crippen LogP contribution in [0.1, 0.15) is 22.3 Å². The zero-order valence-corrected chi connectivity index (χ0v) is 16.7. The fourth-order valence-electron chi connectivity index (χ4n) is 3.05. The summed E-state index contributed by atoms with van der Waals surface area (Å²) in [5.74, 6) is -1.12. The normalized spacial score (nSPS) is 18.3. The third-order valence-electron chi connectivity index (χ3n) is 4.47. The molecule has 0 unspecified atom stereocenters. The van der Waals surface area contributed by atoms with Gasteiger partial charge < -0.3 is 25.1 Å². The molecule has 2 aromatic rings. The lowest BCUT2D eigenvalue weighted by molar-refractivity contribution is -0.255. The van der Waals surface area contributed by atoms with Crippen LogP contribution in [0.3, 0.4) is 0 Å². The highest BCUT2D eigenvalue weighted by Gasteiger charge is 2.40. The van der Waals surface area contributed by atoms with E-state index in [2.05, 4.69) is 10.2 Å². The Balaban J connectivity index is 1.42. The Labute approximate surface area is 180 Å². The number of carbonyl (C=O) groups excluding carboxylic acids is 3. The number of nitrogens with zero attached hydrogens (tertiary/aromatic N) is 3. The fraction of sp³-hybridized carbons (Fsp3) is 0.150. The maximum Gasteiger partial charge on any atom is 0.247 e. The van der Waals surface area contributed by atoms with Gasteiger partial charge >= 0.3 is 0 Å². The molecule has 1 saturated heterocycles. The van der Waals surface area contributed by atoms with Gasteiger partial charge in [-0.25, -0.2) is 4.90 Å². The summed E-state index contributed by atoms with van der Waals surface area (Å²) >= 11 is 0.912.